The third-order valence-corrected chi connectivity index (χ3v) is 4.20. The van der Waals surface area contributed by atoms with Crippen LogP contribution in [0.2, 0.25) is 0 Å². The lowest BCUT2D eigenvalue weighted by atomic mass is 10.0. The number of amides is 1. The number of aromatic nitrogens is 1. The Kier molecular flexibility index (Phi) is 5.41. The molecule has 25 heavy (non-hydrogen) atoms. The number of pyridine rings is 1. The van der Waals surface area contributed by atoms with Crippen molar-refractivity contribution in [2.45, 2.75) is 12.5 Å². The predicted octanol–water partition coefficient (Wildman–Crippen LogP) is 3.66. The van der Waals surface area contributed by atoms with Gasteiger partial charge in [0.05, 0.1) is 11.6 Å². The van der Waals surface area contributed by atoms with Gasteiger partial charge < -0.3 is 10.2 Å². The molecular weight excluding hydrogens is 310 g/mol. The Morgan fingerprint density at radius 1 is 1.00 bits per heavy atom. The van der Waals surface area contributed by atoms with E-state index in [4.69, 9.17) is 0 Å². The Balaban J connectivity index is 1.80. The first-order valence-corrected chi connectivity index (χ1v) is 8.50. The van der Waals surface area contributed by atoms with Gasteiger partial charge >= 0.3 is 0 Å². The van der Waals surface area contributed by atoms with Crippen molar-refractivity contribution >= 4 is 16.8 Å². The third kappa shape index (κ3) is 4.43. The van der Waals surface area contributed by atoms with Gasteiger partial charge in [0.1, 0.15) is 5.69 Å². The molecule has 1 unspecified atom stereocenters. The van der Waals surface area contributed by atoms with E-state index in [-0.39, 0.29) is 11.9 Å². The molecule has 3 rings (SSSR count). The Morgan fingerprint density at radius 3 is 2.48 bits per heavy atom. The minimum absolute atomic E-state index is 0.0376. The molecular formula is C21H23N3O. The second-order valence-corrected chi connectivity index (χ2v) is 6.42. The smallest absolute Gasteiger partial charge is 0.270 e. The summed E-state index contributed by atoms with van der Waals surface area (Å²) in [6.07, 6.45) is 0.844. The highest BCUT2D eigenvalue weighted by molar-refractivity contribution is 5.95. The van der Waals surface area contributed by atoms with Crippen LogP contribution in [0.5, 0.6) is 0 Å². The zero-order chi connectivity index (χ0) is 17.6. The maximum Gasteiger partial charge on any atom is 0.270 e. The van der Waals surface area contributed by atoms with Crippen molar-refractivity contribution in [2.75, 3.05) is 20.6 Å². The van der Waals surface area contributed by atoms with E-state index in [0.29, 0.717) is 5.69 Å². The molecule has 1 heterocycles. The van der Waals surface area contributed by atoms with Crippen LogP contribution in [-0.2, 0) is 0 Å². The van der Waals surface area contributed by atoms with E-state index >= 15 is 0 Å². The van der Waals surface area contributed by atoms with Crippen LogP contribution < -0.4 is 5.32 Å². The third-order valence-electron chi connectivity index (χ3n) is 4.20. The van der Waals surface area contributed by atoms with Gasteiger partial charge in [-0.25, -0.2) is 4.98 Å². The maximum absolute atomic E-state index is 12.7. The number of rotatable bonds is 6. The average molecular weight is 333 g/mol. The zero-order valence-corrected chi connectivity index (χ0v) is 14.6. The molecule has 4 nitrogen and oxygen atoms in total. The molecule has 0 saturated carbocycles. The van der Waals surface area contributed by atoms with Gasteiger partial charge in [0.2, 0.25) is 0 Å². The first kappa shape index (κ1) is 17.1. The van der Waals surface area contributed by atoms with Crippen molar-refractivity contribution in [3.63, 3.8) is 0 Å². The molecule has 0 fully saturated rings. The normalized spacial score (nSPS) is 12.3. The number of nitrogens with one attached hydrogen (secondary N) is 1. The lowest BCUT2D eigenvalue weighted by Crippen LogP contribution is -2.31. The molecule has 0 aliphatic rings. The molecule has 1 N–H and O–H groups in total. The highest BCUT2D eigenvalue weighted by Gasteiger charge is 2.17. The topological polar surface area (TPSA) is 45.2 Å². The molecule has 0 bridgehead atoms. The molecule has 0 radical (unpaired) electrons. The standard InChI is InChI=1S/C21H23N3O/c1-24(2)15-14-19(16-8-4-3-5-9-16)23-21(25)20-13-12-17-10-6-7-11-18(17)22-20/h3-13,19H,14-15H2,1-2H3,(H,23,25). The molecule has 128 valence electrons. The van der Waals surface area contributed by atoms with Gasteiger partial charge in [0.15, 0.2) is 0 Å². The van der Waals surface area contributed by atoms with E-state index in [9.17, 15) is 4.79 Å². The molecule has 1 amide bonds. The van der Waals surface area contributed by atoms with Gasteiger partial charge in [-0.05, 0) is 44.8 Å². The van der Waals surface area contributed by atoms with Crippen molar-refractivity contribution in [1.29, 1.82) is 0 Å². The van der Waals surface area contributed by atoms with Gasteiger partial charge in [-0.2, -0.15) is 0 Å². The molecule has 2 aromatic carbocycles. The number of fused-ring (bicyclic) bond motifs is 1. The molecule has 0 saturated heterocycles. The van der Waals surface area contributed by atoms with Crippen molar-refractivity contribution in [1.82, 2.24) is 15.2 Å². The van der Waals surface area contributed by atoms with Gasteiger partial charge in [0.25, 0.3) is 5.91 Å². The van der Waals surface area contributed by atoms with E-state index in [2.05, 4.69) is 27.3 Å². The second-order valence-electron chi connectivity index (χ2n) is 6.42. The highest BCUT2D eigenvalue weighted by Crippen LogP contribution is 2.18. The zero-order valence-electron chi connectivity index (χ0n) is 14.6. The molecule has 4 heteroatoms. The quantitative estimate of drug-likeness (QED) is 0.749. The monoisotopic (exact) mass is 333 g/mol. The average Bonchev–Trinajstić information content (AvgIpc) is 2.65. The van der Waals surface area contributed by atoms with Crippen LogP contribution in [0.25, 0.3) is 10.9 Å². The number of hydrogen-bond acceptors (Lipinski definition) is 3. The summed E-state index contributed by atoms with van der Waals surface area (Å²) in [7, 11) is 4.07. The fourth-order valence-corrected chi connectivity index (χ4v) is 2.82. The number of para-hydroxylation sites is 1. The van der Waals surface area contributed by atoms with Gasteiger partial charge in [-0.3, -0.25) is 4.79 Å². The van der Waals surface area contributed by atoms with E-state index in [1.807, 2.05) is 62.6 Å². The Morgan fingerprint density at radius 2 is 1.72 bits per heavy atom. The Bertz CT molecular complexity index is 846. The summed E-state index contributed by atoms with van der Waals surface area (Å²) >= 11 is 0. The van der Waals surface area contributed by atoms with Gasteiger partial charge in [-0.1, -0.05) is 54.6 Å². The van der Waals surface area contributed by atoms with Gasteiger partial charge in [-0.15, -0.1) is 0 Å². The van der Waals surface area contributed by atoms with Crippen LogP contribution in [0.15, 0.2) is 66.7 Å². The van der Waals surface area contributed by atoms with Crippen molar-refractivity contribution in [3.8, 4) is 0 Å². The van der Waals surface area contributed by atoms with Crippen LogP contribution in [0.3, 0.4) is 0 Å². The Labute approximate surface area is 148 Å². The van der Waals surface area contributed by atoms with Crippen LogP contribution in [-0.4, -0.2) is 36.4 Å². The summed E-state index contributed by atoms with van der Waals surface area (Å²) in [5.41, 5.74) is 2.39. The molecule has 1 aromatic heterocycles. The number of nitrogens with zero attached hydrogens (tertiary/aromatic N) is 2. The summed E-state index contributed by atoms with van der Waals surface area (Å²) in [6, 6.07) is 21.6. The van der Waals surface area contributed by atoms with Crippen LogP contribution in [0.1, 0.15) is 28.5 Å². The fourth-order valence-electron chi connectivity index (χ4n) is 2.82. The molecule has 3 aromatic rings. The van der Waals surface area contributed by atoms with E-state index in [1.54, 1.807) is 6.07 Å². The fraction of sp³-hybridized carbons (Fsp3) is 0.238. The Hall–Kier alpha value is -2.72. The summed E-state index contributed by atoms with van der Waals surface area (Å²) in [4.78, 5) is 19.3. The minimum Gasteiger partial charge on any atom is -0.344 e. The van der Waals surface area contributed by atoms with Crippen LogP contribution >= 0.6 is 0 Å². The SMILES string of the molecule is CN(C)CCC(NC(=O)c1ccc2ccccc2n1)c1ccccc1. The van der Waals surface area contributed by atoms with E-state index in [1.165, 1.54) is 0 Å². The second kappa shape index (κ2) is 7.90. The maximum atomic E-state index is 12.7. The number of benzene rings is 2. The summed E-state index contributed by atoms with van der Waals surface area (Å²) in [5, 5.41) is 4.18. The lowest BCUT2D eigenvalue weighted by Gasteiger charge is -2.21. The lowest BCUT2D eigenvalue weighted by molar-refractivity contribution is 0.0928. The molecule has 0 aliphatic heterocycles. The van der Waals surface area contributed by atoms with E-state index in [0.717, 1.165) is 29.4 Å². The number of carbonyl (C=O) groups excluding carboxylic acids is 1. The molecule has 0 spiro atoms. The summed E-state index contributed by atoms with van der Waals surface area (Å²) < 4.78 is 0. The number of hydrogen-bond donors (Lipinski definition) is 1. The first-order valence-electron chi connectivity index (χ1n) is 8.50. The van der Waals surface area contributed by atoms with E-state index < -0.39 is 0 Å². The number of carbonyl (C=O) groups is 1. The van der Waals surface area contributed by atoms with Gasteiger partial charge in [0, 0.05) is 5.39 Å². The van der Waals surface area contributed by atoms with Crippen molar-refractivity contribution in [2.24, 2.45) is 0 Å². The summed E-state index contributed by atoms with van der Waals surface area (Å²) in [5.74, 6) is -0.140. The van der Waals surface area contributed by atoms with Crippen LogP contribution in [0, 0.1) is 0 Å². The molecule has 0 aliphatic carbocycles. The van der Waals surface area contributed by atoms with Crippen molar-refractivity contribution < 1.29 is 4.79 Å². The first-order chi connectivity index (χ1) is 12.1. The largest absolute Gasteiger partial charge is 0.344 e. The molecule has 1 atom stereocenters. The minimum atomic E-state index is -0.140. The predicted molar refractivity (Wildman–Crippen MR) is 102 cm³/mol. The van der Waals surface area contributed by atoms with Crippen molar-refractivity contribution in [3.05, 3.63) is 78.0 Å². The summed E-state index contributed by atoms with van der Waals surface area (Å²) in [6.45, 7) is 0.894. The highest BCUT2D eigenvalue weighted by atomic mass is 16.1. The van der Waals surface area contributed by atoms with Crippen LogP contribution in [0.4, 0.5) is 0 Å².